The maximum absolute atomic E-state index is 12.5. The molecule has 0 heterocycles. The van der Waals surface area contributed by atoms with Crippen molar-refractivity contribution in [2.45, 2.75) is 29.2 Å². The first-order valence-corrected chi connectivity index (χ1v) is 5.24. The topological polar surface area (TPSA) is 54.4 Å². The van der Waals surface area contributed by atoms with E-state index in [1.54, 1.807) is 0 Å². The van der Waals surface area contributed by atoms with Gasteiger partial charge in [0.1, 0.15) is 0 Å². The molecule has 1 N–H and O–H groups in total. The van der Waals surface area contributed by atoms with Crippen molar-refractivity contribution in [3.8, 4) is 0 Å². The average Bonchev–Trinajstić information content (AvgIpc) is 2.12. The second-order valence-corrected chi connectivity index (χ2v) is 4.68. The Morgan fingerprint density at radius 1 is 0.619 bits per heavy atom. The molecule has 1 radical (unpaired) electrons. The first kappa shape index (κ1) is 23.3. The predicted octanol–water partition coefficient (Wildman–Crippen LogP) is 2.55. The zero-order valence-electron chi connectivity index (χ0n) is 8.91. The van der Waals surface area contributed by atoms with E-state index in [4.69, 9.17) is 4.55 Å². The normalized spacial score (nSPS) is 15.6. The van der Waals surface area contributed by atoms with Gasteiger partial charge in [-0.25, -0.2) is 0 Å². The quantitative estimate of drug-likeness (QED) is 0.331. The van der Waals surface area contributed by atoms with Gasteiger partial charge in [-0.3, -0.25) is 4.55 Å². The van der Waals surface area contributed by atoms with Crippen LogP contribution in [0.1, 0.15) is 0 Å². The summed E-state index contributed by atoms with van der Waals surface area (Å²) in [5, 5.41) is -7.29. The van der Waals surface area contributed by atoms with E-state index in [1.807, 2.05) is 0 Å². The van der Waals surface area contributed by atoms with Crippen LogP contribution in [-0.4, -0.2) is 69.5 Å². The first-order valence-electron chi connectivity index (χ1n) is 3.80. The SMILES string of the molecule is O=S(=O)(O)C(F)(F)C(F)(F)C(F)(F)C(F)(F)C(F)(F)F.[Tl]. The fraction of sp³-hybridized carbons (Fsp3) is 1.00. The maximum Gasteiger partial charge on any atom is 0.460 e. The number of hydrogen-bond acceptors (Lipinski definition) is 2. The van der Waals surface area contributed by atoms with Gasteiger partial charge in [0.05, 0.1) is 0 Å². The van der Waals surface area contributed by atoms with Gasteiger partial charge in [-0.15, -0.1) is 0 Å². The van der Waals surface area contributed by atoms with Crippen molar-refractivity contribution in [2.75, 3.05) is 0 Å². The maximum atomic E-state index is 12.5. The third-order valence-electron chi connectivity index (χ3n) is 1.83. The molecule has 21 heavy (non-hydrogen) atoms. The third kappa shape index (κ3) is 3.22. The number of hydrogen-bond donors (Lipinski definition) is 1. The molecule has 0 saturated heterocycles. The smallest absolute Gasteiger partial charge is 0.281 e. The molecule has 0 aromatic rings. The molecule has 0 atom stereocenters. The second-order valence-electron chi connectivity index (χ2n) is 3.21. The predicted molar refractivity (Wildman–Crippen MR) is 43.1 cm³/mol. The summed E-state index contributed by atoms with van der Waals surface area (Å²) in [6.07, 6.45) is -7.39. The fourth-order valence-electron chi connectivity index (χ4n) is 0.720. The summed E-state index contributed by atoms with van der Waals surface area (Å²) in [6, 6.07) is 0. The molecule has 0 bridgehead atoms. The van der Waals surface area contributed by atoms with Crippen LogP contribution in [0, 0.1) is 0 Å². The van der Waals surface area contributed by atoms with E-state index in [9.17, 15) is 56.7 Å². The van der Waals surface area contributed by atoms with Crippen molar-refractivity contribution in [3.05, 3.63) is 0 Å². The third-order valence-corrected chi connectivity index (χ3v) is 2.74. The summed E-state index contributed by atoms with van der Waals surface area (Å²) in [5.41, 5.74) is 0. The van der Waals surface area contributed by atoms with Gasteiger partial charge >= 0.3 is 39.3 Å². The van der Waals surface area contributed by atoms with Gasteiger partial charge in [0, 0.05) is 27.3 Å². The van der Waals surface area contributed by atoms with Gasteiger partial charge in [0.15, 0.2) is 0 Å². The molecule has 0 aromatic heterocycles. The molecule has 0 fully saturated rings. The summed E-state index contributed by atoms with van der Waals surface area (Å²) in [6.45, 7) is 0. The molecular formula is C5HF11O3STl. The molecule has 0 aliphatic rings. The van der Waals surface area contributed by atoms with Crippen molar-refractivity contribution < 1.29 is 61.3 Å². The van der Waals surface area contributed by atoms with Gasteiger partial charge in [-0.05, 0) is 0 Å². The van der Waals surface area contributed by atoms with Crippen LogP contribution in [0.5, 0.6) is 0 Å². The minimum atomic E-state index is -7.86. The molecular weight excluding hydrogens is 553 g/mol. The summed E-state index contributed by atoms with van der Waals surface area (Å²) in [5.74, 6) is -23.3. The van der Waals surface area contributed by atoms with Crippen LogP contribution in [0.4, 0.5) is 48.3 Å². The summed E-state index contributed by atoms with van der Waals surface area (Å²) in [4.78, 5) is 0. The number of rotatable bonds is 4. The van der Waals surface area contributed by atoms with Gasteiger partial charge < -0.3 is 0 Å². The Bertz CT molecular complexity index is 481. The van der Waals surface area contributed by atoms with E-state index < -0.39 is 39.3 Å². The molecule has 0 aromatic carbocycles. The number of alkyl halides is 11. The zero-order chi connectivity index (χ0) is 17.0. The Balaban J connectivity index is 0. The van der Waals surface area contributed by atoms with Crippen molar-refractivity contribution in [1.82, 2.24) is 0 Å². The molecule has 0 spiro atoms. The monoisotopic (exact) mass is 555 g/mol. The molecule has 0 aliphatic carbocycles. The van der Waals surface area contributed by atoms with Crippen molar-refractivity contribution >= 4 is 37.4 Å². The van der Waals surface area contributed by atoms with Gasteiger partial charge in [0.25, 0.3) is 0 Å². The molecule has 16 heteroatoms. The molecule has 0 saturated carbocycles. The van der Waals surface area contributed by atoms with Crippen LogP contribution in [0.2, 0.25) is 0 Å². The molecule has 3 nitrogen and oxygen atoms in total. The van der Waals surface area contributed by atoms with Crippen molar-refractivity contribution in [1.29, 1.82) is 0 Å². The average molecular weight is 554 g/mol. The van der Waals surface area contributed by atoms with Crippen LogP contribution in [0.15, 0.2) is 0 Å². The van der Waals surface area contributed by atoms with Crippen LogP contribution in [0.25, 0.3) is 0 Å². The second kappa shape index (κ2) is 5.61. The Morgan fingerprint density at radius 3 is 1.10 bits per heavy atom. The van der Waals surface area contributed by atoms with Gasteiger partial charge in [0.2, 0.25) is 0 Å². The zero-order valence-corrected chi connectivity index (χ0v) is 14.2. The van der Waals surface area contributed by atoms with E-state index in [0.29, 0.717) is 0 Å². The van der Waals surface area contributed by atoms with E-state index in [-0.39, 0.29) is 27.3 Å². The summed E-state index contributed by atoms with van der Waals surface area (Å²) in [7, 11) is -7.41. The molecule has 125 valence electrons. The van der Waals surface area contributed by atoms with Crippen molar-refractivity contribution in [3.63, 3.8) is 0 Å². The van der Waals surface area contributed by atoms with E-state index in [1.165, 1.54) is 0 Å². The van der Waals surface area contributed by atoms with Crippen LogP contribution < -0.4 is 0 Å². The van der Waals surface area contributed by atoms with Gasteiger partial charge in [-0.1, -0.05) is 0 Å². The molecule has 0 unspecified atom stereocenters. The Labute approximate surface area is 128 Å². The standard InChI is InChI=1S/C5HF11O3S.Tl/c6-1(7,2(8,9)4(12,13)14)3(10,11)5(15,16)20(17,18)19;/h(H,17,18,19);. The van der Waals surface area contributed by atoms with Crippen LogP contribution in [-0.2, 0) is 10.1 Å². The first-order chi connectivity index (χ1) is 8.25. The molecule has 0 rings (SSSR count). The Morgan fingerprint density at radius 2 is 0.905 bits per heavy atom. The summed E-state index contributed by atoms with van der Waals surface area (Å²) < 4.78 is 161. The minimum absolute atomic E-state index is 0. The largest absolute Gasteiger partial charge is 0.460 e. The Kier molecular flexibility index (Phi) is 6.23. The Hall–Kier alpha value is 0.0621. The fourth-order valence-corrected chi connectivity index (χ4v) is 1.17. The van der Waals surface area contributed by atoms with Crippen LogP contribution in [0.3, 0.4) is 0 Å². The van der Waals surface area contributed by atoms with Gasteiger partial charge in [-0.2, -0.15) is 56.7 Å². The van der Waals surface area contributed by atoms with Crippen molar-refractivity contribution in [2.24, 2.45) is 0 Å². The number of halogens is 11. The van der Waals surface area contributed by atoms with E-state index in [2.05, 4.69) is 0 Å². The minimum Gasteiger partial charge on any atom is -0.281 e. The molecule has 0 amide bonds. The van der Waals surface area contributed by atoms with E-state index in [0.717, 1.165) is 0 Å². The van der Waals surface area contributed by atoms with E-state index >= 15 is 0 Å². The molecule has 0 aliphatic heterocycles. The van der Waals surface area contributed by atoms with Crippen LogP contribution >= 0.6 is 0 Å². The summed E-state index contributed by atoms with van der Waals surface area (Å²) >= 11 is 0.